The second kappa shape index (κ2) is 10.9. The van der Waals surface area contributed by atoms with Crippen molar-refractivity contribution in [1.82, 2.24) is 14.7 Å². The number of fused-ring (bicyclic) bond motifs is 4. The summed E-state index contributed by atoms with van der Waals surface area (Å²) in [7, 11) is 0. The normalized spacial score (nSPS) is 30.5. The molecule has 0 aromatic heterocycles. The Labute approximate surface area is 208 Å². The van der Waals surface area contributed by atoms with Crippen LogP contribution >= 0.6 is 0 Å². The lowest BCUT2D eigenvalue weighted by Gasteiger charge is -2.53. The Balaban J connectivity index is 1.56. The van der Waals surface area contributed by atoms with Crippen molar-refractivity contribution in [2.75, 3.05) is 45.8 Å². The van der Waals surface area contributed by atoms with Gasteiger partial charge in [0, 0.05) is 43.1 Å². The van der Waals surface area contributed by atoms with Gasteiger partial charge in [-0.15, -0.1) is 0 Å². The van der Waals surface area contributed by atoms with E-state index in [2.05, 4.69) is 89.2 Å². The van der Waals surface area contributed by atoms with Crippen molar-refractivity contribution >= 4 is 0 Å². The van der Waals surface area contributed by atoms with Crippen molar-refractivity contribution in [2.45, 2.75) is 75.8 Å². The maximum Gasteiger partial charge on any atom is 0.0235 e. The fourth-order valence-electron chi connectivity index (χ4n) is 7.52. The summed E-state index contributed by atoms with van der Waals surface area (Å²) in [6.45, 7) is 13.1. The number of hydrogen-bond acceptors (Lipinski definition) is 3. The molecule has 34 heavy (non-hydrogen) atoms. The topological polar surface area (TPSA) is 9.72 Å². The van der Waals surface area contributed by atoms with Gasteiger partial charge in [0.05, 0.1) is 0 Å². The highest BCUT2D eigenvalue weighted by atomic mass is 15.3. The molecule has 6 rings (SSSR count). The molecule has 4 fully saturated rings. The highest BCUT2D eigenvalue weighted by molar-refractivity contribution is 5.32. The Morgan fingerprint density at radius 3 is 1.85 bits per heavy atom. The van der Waals surface area contributed by atoms with Gasteiger partial charge in [-0.25, -0.2) is 0 Å². The van der Waals surface area contributed by atoms with Gasteiger partial charge in [-0.2, -0.15) is 0 Å². The van der Waals surface area contributed by atoms with Crippen molar-refractivity contribution < 1.29 is 0 Å². The number of rotatable bonds is 8. The first-order valence-electron chi connectivity index (χ1n) is 14.1. The van der Waals surface area contributed by atoms with Crippen LogP contribution in [0.4, 0.5) is 0 Å². The molecule has 2 bridgehead atoms. The SMILES string of the molecule is CCN(CC)CCN1CCC2(N3CCCCC3)CC(c3ccccc3)C1C(c1ccccc1)C2. The number of nitrogens with zero attached hydrogens (tertiary/aromatic N) is 3. The lowest BCUT2D eigenvalue weighted by molar-refractivity contribution is 0.0158. The molecule has 3 nitrogen and oxygen atoms in total. The van der Waals surface area contributed by atoms with Gasteiger partial charge in [0.2, 0.25) is 0 Å². The summed E-state index contributed by atoms with van der Waals surface area (Å²) in [5.41, 5.74) is 3.45. The first kappa shape index (κ1) is 24.0. The Morgan fingerprint density at radius 1 is 0.765 bits per heavy atom. The molecule has 2 unspecified atom stereocenters. The van der Waals surface area contributed by atoms with Crippen molar-refractivity contribution in [3.63, 3.8) is 0 Å². The van der Waals surface area contributed by atoms with E-state index in [1.807, 2.05) is 0 Å². The van der Waals surface area contributed by atoms with E-state index in [9.17, 15) is 0 Å². The smallest absolute Gasteiger partial charge is 0.0235 e. The van der Waals surface area contributed by atoms with Crippen LogP contribution in [0.1, 0.15) is 75.3 Å². The molecule has 0 radical (unpaired) electrons. The van der Waals surface area contributed by atoms with Crippen LogP contribution in [0, 0.1) is 0 Å². The minimum atomic E-state index is 0.335. The third-order valence-corrected chi connectivity index (χ3v) is 9.39. The average Bonchev–Trinajstić information content (AvgIpc) is 3.18. The van der Waals surface area contributed by atoms with E-state index in [1.165, 1.54) is 71.2 Å². The number of likely N-dealkylation sites (tertiary alicyclic amines) is 1. The summed E-state index contributed by atoms with van der Waals surface area (Å²) in [5, 5.41) is 0. The van der Waals surface area contributed by atoms with E-state index >= 15 is 0 Å². The largest absolute Gasteiger partial charge is 0.303 e. The molecule has 2 aromatic rings. The maximum absolute atomic E-state index is 2.95. The van der Waals surface area contributed by atoms with Crippen LogP contribution in [0.2, 0.25) is 0 Å². The van der Waals surface area contributed by atoms with E-state index in [4.69, 9.17) is 0 Å². The molecule has 1 aliphatic carbocycles. The standard InChI is InChI=1S/C31H45N3/c1-3-32(4-2)22-23-33-21-18-31(34-19-12-7-13-20-34)24-28(26-14-8-5-9-15-26)30(33)29(25-31)27-16-10-6-11-17-27/h5-6,8-11,14-17,28-30H,3-4,7,12-13,18-25H2,1-2H3. The summed E-state index contributed by atoms with van der Waals surface area (Å²) >= 11 is 0. The molecule has 3 heteroatoms. The Kier molecular flexibility index (Phi) is 7.73. The molecule has 3 aliphatic heterocycles. The molecule has 2 aromatic carbocycles. The van der Waals surface area contributed by atoms with Crippen LogP contribution < -0.4 is 0 Å². The second-order valence-electron chi connectivity index (χ2n) is 11.0. The zero-order chi connectivity index (χ0) is 23.4. The van der Waals surface area contributed by atoms with Crippen LogP contribution in [0.3, 0.4) is 0 Å². The molecule has 2 atom stereocenters. The fraction of sp³-hybridized carbons (Fsp3) is 0.613. The molecule has 1 saturated carbocycles. The molecule has 0 amide bonds. The molecular weight excluding hydrogens is 414 g/mol. The highest BCUT2D eigenvalue weighted by Gasteiger charge is 2.53. The highest BCUT2D eigenvalue weighted by Crippen LogP contribution is 2.54. The average molecular weight is 460 g/mol. The molecule has 184 valence electrons. The van der Waals surface area contributed by atoms with E-state index in [0.717, 1.165) is 13.1 Å². The maximum atomic E-state index is 2.95. The van der Waals surface area contributed by atoms with Gasteiger partial charge in [-0.1, -0.05) is 80.9 Å². The van der Waals surface area contributed by atoms with Crippen molar-refractivity contribution in [3.8, 4) is 0 Å². The number of likely N-dealkylation sites (N-methyl/N-ethyl adjacent to an activating group) is 1. The van der Waals surface area contributed by atoms with Gasteiger partial charge < -0.3 is 4.90 Å². The van der Waals surface area contributed by atoms with E-state index in [1.54, 1.807) is 11.1 Å². The van der Waals surface area contributed by atoms with Crippen molar-refractivity contribution in [2.24, 2.45) is 0 Å². The van der Waals surface area contributed by atoms with Gasteiger partial charge in [-0.05, 0) is 69.4 Å². The van der Waals surface area contributed by atoms with Crippen molar-refractivity contribution in [1.29, 1.82) is 0 Å². The summed E-state index contributed by atoms with van der Waals surface area (Å²) in [4.78, 5) is 8.48. The summed E-state index contributed by atoms with van der Waals surface area (Å²) < 4.78 is 0. The van der Waals surface area contributed by atoms with Gasteiger partial charge in [-0.3, -0.25) is 9.80 Å². The summed E-state index contributed by atoms with van der Waals surface area (Å²) in [5.74, 6) is 1.20. The lowest BCUT2D eigenvalue weighted by atomic mass is 9.63. The van der Waals surface area contributed by atoms with Crippen LogP contribution in [-0.2, 0) is 0 Å². The van der Waals surface area contributed by atoms with E-state index < -0.39 is 0 Å². The van der Waals surface area contributed by atoms with Crippen LogP contribution in [0.15, 0.2) is 60.7 Å². The first-order valence-corrected chi connectivity index (χ1v) is 14.1. The first-order chi connectivity index (χ1) is 16.7. The minimum absolute atomic E-state index is 0.335. The van der Waals surface area contributed by atoms with E-state index in [-0.39, 0.29) is 0 Å². The van der Waals surface area contributed by atoms with Crippen LogP contribution in [0.25, 0.3) is 0 Å². The Morgan fingerprint density at radius 2 is 1.32 bits per heavy atom. The summed E-state index contributed by atoms with van der Waals surface area (Å²) in [6, 6.07) is 23.7. The predicted molar refractivity (Wildman–Crippen MR) is 144 cm³/mol. The van der Waals surface area contributed by atoms with Crippen LogP contribution in [0.5, 0.6) is 0 Å². The third-order valence-electron chi connectivity index (χ3n) is 9.39. The number of hydrogen-bond donors (Lipinski definition) is 0. The minimum Gasteiger partial charge on any atom is -0.303 e. The number of benzene rings is 2. The van der Waals surface area contributed by atoms with Gasteiger partial charge in [0.15, 0.2) is 0 Å². The zero-order valence-electron chi connectivity index (χ0n) is 21.5. The molecule has 0 spiro atoms. The quantitative estimate of drug-likeness (QED) is 0.480. The predicted octanol–water partition coefficient (Wildman–Crippen LogP) is 5.99. The molecule has 0 N–H and O–H groups in total. The molecule has 4 aliphatic rings. The fourth-order valence-corrected chi connectivity index (χ4v) is 7.52. The molecular formula is C31H45N3. The second-order valence-corrected chi connectivity index (χ2v) is 11.0. The van der Waals surface area contributed by atoms with Gasteiger partial charge in [0.25, 0.3) is 0 Å². The Hall–Kier alpha value is -1.68. The number of piperidine rings is 1. The summed E-state index contributed by atoms with van der Waals surface area (Å²) in [6.07, 6.45) is 8.15. The van der Waals surface area contributed by atoms with Crippen LogP contribution in [-0.4, -0.2) is 72.1 Å². The lowest BCUT2D eigenvalue weighted by Crippen LogP contribution is -2.56. The van der Waals surface area contributed by atoms with Gasteiger partial charge in [0.1, 0.15) is 0 Å². The third kappa shape index (κ3) is 4.85. The Bertz CT molecular complexity index is 823. The zero-order valence-corrected chi connectivity index (χ0v) is 21.5. The monoisotopic (exact) mass is 459 g/mol. The molecule has 3 heterocycles. The van der Waals surface area contributed by atoms with Gasteiger partial charge >= 0.3 is 0 Å². The van der Waals surface area contributed by atoms with E-state index in [0.29, 0.717) is 23.4 Å². The van der Waals surface area contributed by atoms with Crippen molar-refractivity contribution in [3.05, 3.63) is 71.8 Å². The molecule has 3 saturated heterocycles.